The van der Waals surface area contributed by atoms with Gasteiger partial charge in [0.1, 0.15) is 0 Å². The predicted molar refractivity (Wildman–Crippen MR) is 62.6 cm³/mol. The van der Waals surface area contributed by atoms with Gasteiger partial charge >= 0.3 is 6.18 Å². The molecule has 2 atom stereocenters. The molecule has 2 unspecified atom stereocenters. The van der Waals surface area contributed by atoms with E-state index in [2.05, 4.69) is 27.8 Å². The van der Waals surface area contributed by atoms with E-state index in [1.54, 1.807) is 0 Å². The van der Waals surface area contributed by atoms with Crippen molar-refractivity contribution in [1.29, 1.82) is 0 Å². The van der Waals surface area contributed by atoms with Gasteiger partial charge in [0.25, 0.3) is 0 Å². The second-order valence-corrected chi connectivity index (χ2v) is 5.46. The number of rotatable bonds is 3. The van der Waals surface area contributed by atoms with E-state index in [9.17, 15) is 18.0 Å². The average molecular weight is 314 g/mol. The molecule has 0 aromatic heterocycles. The molecule has 1 fully saturated rings. The van der Waals surface area contributed by atoms with Crippen LogP contribution in [0.1, 0.15) is 25.7 Å². The van der Waals surface area contributed by atoms with Crippen molar-refractivity contribution in [3.63, 3.8) is 0 Å². The smallest absolute Gasteiger partial charge is 0.351 e. The van der Waals surface area contributed by atoms with Crippen LogP contribution in [0.5, 0.6) is 0 Å². The summed E-state index contributed by atoms with van der Waals surface area (Å²) in [6, 6.07) is 0. The first-order chi connectivity index (χ1) is 7.80. The Morgan fingerprint density at radius 1 is 1.41 bits per heavy atom. The van der Waals surface area contributed by atoms with Crippen LogP contribution in [0.25, 0.3) is 0 Å². The van der Waals surface area contributed by atoms with Gasteiger partial charge in [-0.3, -0.25) is 4.79 Å². The molecule has 1 rings (SSSR count). The highest BCUT2D eigenvalue weighted by atomic mass is 79.9. The van der Waals surface area contributed by atoms with Gasteiger partial charge in [0, 0.05) is 16.9 Å². The Bertz CT molecular complexity index is 304. The van der Waals surface area contributed by atoms with Crippen LogP contribution in [0.3, 0.4) is 0 Å². The van der Waals surface area contributed by atoms with Crippen LogP contribution in [-0.2, 0) is 4.79 Å². The molecular weight excluding hydrogens is 299 g/mol. The third kappa shape index (κ3) is 4.69. The third-order valence-electron chi connectivity index (χ3n) is 2.96. The predicted octanol–water partition coefficient (Wildman–Crippen LogP) is 3.38. The fourth-order valence-corrected chi connectivity index (χ4v) is 2.19. The first-order valence-electron chi connectivity index (χ1n) is 5.48. The summed E-state index contributed by atoms with van der Waals surface area (Å²) in [6.07, 6.45) is -3.15. The highest BCUT2D eigenvalue weighted by Gasteiger charge is 2.43. The van der Waals surface area contributed by atoms with E-state index in [1.807, 2.05) is 0 Å². The Labute approximate surface area is 107 Å². The molecule has 0 saturated heterocycles. The van der Waals surface area contributed by atoms with Gasteiger partial charge in [-0.25, -0.2) is 0 Å². The first-order valence-corrected chi connectivity index (χ1v) is 6.27. The average Bonchev–Trinajstić information content (AvgIpc) is 2.25. The Morgan fingerprint density at radius 2 is 2.06 bits per heavy atom. The van der Waals surface area contributed by atoms with Crippen molar-refractivity contribution >= 4 is 21.8 Å². The van der Waals surface area contributed by atoms with Gasteiger partial charge in [-0.15, -0.1) is 0 Å². The molecule has 1 saturated carbocycles. The van der Waals surface area contributed by atoms with Crippen LogP contribution in [0.2, 0.25) is 0 Å². The summed E-state index contributed by atoms with van der Waals surface area (Å²) in [5.41, 5.74) is 0. The van der Waals surface area contributed by atoms with Gasteiger partial charge < -0.3 is 5.32 Å². The maximum absolute atomic E-state index is 12.5. The van der Waals surface area contributed by atoms with Gasteiger partial charge in [0.15, 0.2) is 0 Å². The molecule has 17 heavy (non-hydrogen) atoms. The van der Waals surface area contributed by atoms with Gasteiger partial charge in [-0.1, -0.05) is 28.9 Å². The Balaban J connectivity index is 2.49. The summed E-state index contributed by atoms with van der Waals surface area (Å²) in [4.78, 5) is 11.6. The van der Waals surface area contributed by atoms with Crippen LogP contribution < -0.4 is 5.32 Å². The molecule has 1 amide bonds. The molecule has 98 valence electrons. The number of alkyl halides is 3. The van der Waals surface area contributed by atoms with Crippen LogP contribution in [0.4, 0.5) is 13.2 Å². The lowest BCUT2D eigenvalue weighted by Crippen LogP contribution is -2.37. The lowest BCUT2D eigenvalue weighted by Gasteiger charge is -2.29. The molecule has 1 aliphatic rings. The number of hydrogen-bond donors (Lipinski definition) is 1. The highest BCUT2D eigenvalue weighted by Crippen LogP contribution is 2.39. The van der Waals surface area contributed by atoms with E-state index in [0.717, 1.165) is 0 Å². The summed E-state index contributed by atoms with van der Waals surface area (Å²) in [7, 11) is 0. The van der Waals surface area contributed by atoms with Crippen molar-refractivity contribution in [1.82, 2.24) is 5.32 Å². The Kier molecular flexibility index (Phi) is 5.04. The minimum absolute atomic E-state index is 0.0932. The quantitative estimate of drug-likeness (QED) is 0.850. The molecule has 2 nitrogen and oxygen atoms in total. The number of carbonyl (C=O) groups is 1. The first kappa shape index (κ1) is 14.5. The van der Waals surface area contributed by atoms with Gasteiger partial charge in [0.2, 0.25) is 5.91 Å². The lowest BCUT2D eigenvalue weighted by atomic mass is 9.80. The zero-order valence-corrected chi connectivity index (χ0v) is 10.9. The summed E-state index contributed by atoms with van der Waals surface area (Å²) < 4.78 is 38.2. The summed E-state index contributed by atoms with van der Waals surface area (Å²) in [5.74, 6) is -2.17. The van der Waals surface area contributed by atoms with Crippen molar-refractivity contribution in [3.8, 4) is 0 Å². The van der Waals surface area contributed by atoms with Gasteiger partial charge in [-0.05, 0) is 19.3 Å². The third-order valence-corrected chi connectivity index (χ3v) is 3.24. The van der Waals surface area contributed by atoms with E-state index in [4.69, 9.17) is 0 Å². The normalized spacial score (nSPS) is 25.4. The number of amides is 1. The molecule has 1 N–H and O–H groups in total. The minimum Gasteiger partial charge on any atom is -0.351 e. The van der Waals surface area contributed by atoms with E-state index in [1.165, 1.54) is 0 Å². The highest BCUT2D eigenvalue weighted by molar-refractivity contribution is 9.11. The maximum Gasteiger partial charge on any atom is 0.391 e. The van der Waals surface area contributed by atoms with Crippen LogP contribution in [0.15, 0.2) is 11.1 Å². The Morgan fingerprint density at radius 3 is 2.59 bits per heavy atom. The number of hydrogen-bond acceptors (Lipinski definition) is 1. The molecule has 0 bridgehead atoms. The minimum atomic E-state index is -4.18. The van der Waals surface area contributed by atoms with E-state index >= 15 is 0 Å². The molecule has 0 radical (unpaired) electrons. The van der Waals surface area contributed by atoms with Crippen LogP contribution in [0, 0.1) is 11.8 Å². The second kappa shape index (κ2) is 5.89. The summed E-state index contributed by atoms with van der Waals surface area (Å²) in [5, 5.41) is 2.57. The van der Waals surface area contributed by atoms with E-state index < -0.39 is 18.0 Å². The van der Waals surface area contributed by atoms with Crippen LogP contribution in [-0.4, -0.2) is 18.6 Å². The fraction of sp³-hybridized carbons (Fsp3) is 0.727. The van der Waals surface area contributed by atoms with Gasteiger partial charge in [0.05, 0.1) is 5.92 Å². The molecule has 0 aromatic rings. The summed E-state index contributed by atoms with van der Waals surface area (Å²) in [6.45, 7) is 3.80. The van der Waals surface area contributed by atoms with Gasteiger partial charge in [-0.2, -0.15) is 13.2 Å². The maximum atomic E-state index is 12.5. The molecule has 0 aromatic carbocycles. The van der Waals surface area contributed by atoms with Crippen molar-refractivity contribution in [2.75, 3.05) is 6.54 Å². The SMILES string of the molecule is C=C(Br)CNC(=O)C1CCCC(C(F)(F)F)C1. The molecule has 6 heteroatoms. The molecular formula is C11H15BrF3NO. The topological polar surface area (TPSA) is 29.1 Å². The van der Waals surface area contributed by atoms with Crippen LogP contribution >= 0.6 is 15.9 Å². The second-order valence-electron chi connectivity index (χ2n) is 4.34. The fourth-order valence-electron chi connectivity index (χ4n) is 2.05. The largest absolute Gasteiger partial charge is 0.391 e. The number of carbonyl (C=O) groups excluding carboxylic acids is 1. The molecule has 0 aliphatic heterocycles. The van der Waals surface area contributed by atoms with Crippen molar-refractivity contribution < 1.29 is 18.0 Å². The van der Waals surface area contributed by atoms with Crippen molar-refractivity contribution in [2.45, 2.75) is 31.9 Å². The number of halogens is 4. The van der Waals surface area contributed by atoms with E-state index in [0.29, 0.717) is 17.3 Å². The lowest BCUT2D eigenvalue weighted by molar-refractivity contribution is -0.186. The summed E-state index contributed by atoms with van der Waals surface area (Å²) >= 11 is 3.08. The van der Waals surface area contributed by atoms with Crippen molar-refractivity contribution in [2.24, 2.45) is 11.8 Å². The molecule has 0 heterocycles. The zero-order valence-electron chi connectivity index (χ0n) is 9.32. The van der Waals surface area contributed by atoms with E-state index in [-0.39, 0.29) is 25.3 Å². The van der Waals surface area contributed by atoms with Crippen molar-refractivity contribution in [3.05, 3.63) is 11.1 Å². The zero-order chi connectivity index (χ0) is 13.1. The standard InChI is InChI=1S/C11H15BrF3NO/c1-7(12)6-16-10(17)8-3-2-4-9(5-8)11(13,14)15/h8-9H,1-6H2,(H,16,17). The monoisotopic (exact) mass is 313 g/mol. The molecule has 1 aliphatic carbocycles. The molecule has 0 spiro atoms. The number of nitrogens with one attached hydrogen (secondary N) is 1. The Hall–Kier alpha value is -0.520.